The van der Waals surface area contributed by atoms with Crippen LogP contribution in [0.1, 0.15) is 17.5 Å². The van der Waals surface area contributed by atoms with Crippen molar-refractivity contribution in [3.8, 4) is 5.75 Å². The maximum absolute atomic E-state index is 12.1. The molecule has 1 amide bonds. The molecule has 0 radical (unpaired) electrons. The van der Waals surface area contributed by atoms with Crippen molar-refractivity contribution in [2.45, 2.75) is 19.4 Å². The predicted octanol–water partition coefficient (Wildman–Crippen LogP) is 3.44. The van der Waals surface area contributed by atoms with Gasteiger partial charge in [-0.1, -0.05) is 30.3 Å². The Kier molecular flexibility index (Phi) is 4.85. The number of carbonyl (C=O) groups is 1. The summed E-state index contributed by atoms with van der Waals surface area (Å²) in [6, 6.07) is 16.0. The van der Waals surface area contributed by atoms with E-state index in [2.05, 4.69) is 28.2 Å². The molecule has 4 heteroatoms. The number of aromatic nitrogens is 1. The third kappa shape index (κ3) is 3.59. The molecule has 0 bridgehead atoms. The van der Waals surface area contributed by atoms with Gasteiger partial charge in [-0.3, -0.25) is 4.79 Å². The van der Waals surface area contributed by atoms with Crippen LogP contribution in [-0.2, 0) is 24.8 Å². The molecule has 3 aromatic rings. The third-order valence-corrected chi connectivity index (χ3v) is 4.22. The van der Waals surface area contributed by atoms with E-state index in [4.69, 9.17) is 4.74 Å². The summed E-state index contributed by atoms with van der Waals surface area (Å²) in [5, 5.41) is 4.20. The van der Waals surface area contributed by atoms with Crippen LogP contribution in [0.15, 0.2) is 54.7 Å². The molecule has 0 saturated carbocycles. The van der Waals surface area contributed by atoms with Crippen LogP contribution in [0.2, 0.25) is 0 Å². The van der Waals surface area contributed by atoms with E-state index in [1.807, 2.05) is 43.4 Å². The van der Waals surface area contributed by atoms with E-state index in [1.54, 1.807) is 7.11 Å². The number of aryl methyl sites for hydroxylation is 2. The Balaban J connectivity index is 1.57. The van der Waals surface area contributed by atoms with Gasteiger partial charge in [-0.15, -0.1) is 0 Å². The molecule has 0 aliphatic rings. The molecule has 0 spiro atoms. The summed E-state index contributed by atoms with van der Waals surface area (Å²) in [5.41, 5.74) is 3.45. The molecule has 0 fully saturated rings. The molecule has 124 valence electrons. The van der Waals surface area contributed by atoms with Crippen LogP contribution in [0, 0.1) is 0 Å². The number of fused-ring (bicyclic) bond motifs is 1. The van der Waals surface area contributed by atoms with Crippen molar-refractivity contribution < 1.29 is 9.53 Å². The maximum Gasteiger partial charge on any atom is 0.220 e. The van der Waals surface area contributed by atoms with Crippen LogP contribution >= 0.6 is 0 Å². The van der Waals surface area contributed by atoms with Crippen molar-refractivity contribution in [2.24, 2.45) is 7.05 Å². The van der Waals surface area contributed by atoms with Gasteiger partial charge >= 0.3 is 0 Å². The highest BCUT2D eigenvalue weighted by molar-refractivity contribution is 5.84. The Morgan fingerprint density at radius 2 is 2.00 bits per heavy atom. The van der Waals surface area contributed by atoms with Crippen LogP contribution in [0.4, 0.5) is 0 Å². The van der Waals surface area contributed by atoms with E-state index in [0.717, 1.165) is 17.7 Å². The molecule has 24 heavy (non-hydrogen) atoms. The number of methoxy groups -OCH3 is 1. The first-order valence-electron chi connectivity index (χ1n) is 8.10. The highest BCUT2D eigenvalue weighted by Crippen LogP contribution is 2.21. The lowest BCUT2D eigenvalue weighted by Crippen LogP contribution is -2.22. The summed E-state index contributed by atoms with van der Waals surface area (Å²) in [6.07, 6.45) is 3.34. The van der Waals surface area contributed by atoms with Crippen molar-refractivity contribution in [3.63, 3.8) is 0 Å². The van der Waals surface area contributed by atoms with Crippen LogP contribution in [0.25, 0.3) is 10.9 Å². The Morgan fingerprint density at radius 3 is 2.83 bits per heavy atom. The summed E-state index contributed by atoms with van der Waals surface area (Å²) in [4.78, 5) is 12.1. The number of amides is 1. The minimum absolute atomic E-state index is 0.0609. The monoisotopic (exact) mass is 322 g/mol. The van der Waals surface area contributed by atoms with E-state index >= 15 is 0 Å². The lowest BCUT2D eigenvalue weighted by atomic mass is 10.1. The number of hydrogen-bond acceptors (Lipinski definition) is 2. The van der Waals surface area contributed by atoms with E-state index in [9.17, 15) is 4.79 Å². The van der Waals surface area contributed by atoms with Gasteiger partial charge in [0.2, 0.25) is 5.91 Å². The largest absolute Gasteiger partial charge is 0.497 e. The first kappa shape index (κ1) is 16.1. The van der Waals surface area contributed by atoms with E-state index in [1.165, 1.54) is 16.5 Å². The number of carbonyl (C=O) groups excluding carboxylic acids is 1. The van der Waals surface area contributed by atoms with Crippen LogP contribution in [0.3, 0.4) is 0 Å². The van der Waals surface area contributed by atoms with Crippen LogP contribution in [0.5, 0.6) is 5.75 Å². The number of para-hydroxylation sites is 1. The second-order valence-electron chi connectivity index (χ2n) is 5.91. The fourth-order valence-electron chi connectivity index (χ4n) is 2.94. The van der Waals surface area contributed by atoms with E-state index in [0.29, 0.717) is 13.0 Å². The highest BCUT2D eigenvalue weighted by Gasteiger charge is 2.08. The molecule has 0 unspecified atom stereocenters. The predicted molar refractivity (Wildman–Crippen MR) is 96.1 cm³/mol. The molecule has 2 aromatic carbocycles. The van der Waals surface area contributed by atoms with Crippen molar-refractivity contribution in [1.29, 1.82) is 0 Å². The van der Waals surface area contributed by atoms with Gasteiger partial charge in [-0.25, -0.2) is 0 Å². The molecular weight excluding hydrogens is 300 g/mol. The van der Waals surface area contributed by atoms with Gasteiger partial charge in [0.1, 0.15) is 5.75 Å². The van der Waals surface area contributed by atoms with Crippen molar-refractivity contribution in [2.75, 3.05) is 7.11 Å². The molecule has 1 aromatic heterocycles. The van der Waals surface area contributed by atoms with Gasteiger partial charge in [-0.05, 0) is 35.7 Å². The van der Waals surface area contributed by atoms with E-state index in [-0.39, 0.29) is 5.91 Å². The average molecular weight is 322 g/mol. The minimum Gasteiger partial charge on any atom is -0.497 e. The topological polar surface area (TPSA) is 43.3 Å². The number of ether oxygens (including phenoxy) is 1. The normalized spacial score (nSPS) is 10.8. The Labute approximate surface area is 142 Å². The smallest absolute Gasteiger partial charge is 0.220 e. The minimum atomic E-state index is 0.0609. The summed E-state index contributed by atoms with van der Waals surface area (Å²) in [6.45, 7) is 0.519. The summed E-state index contributed by atoms with van der Waals surface area (Å²) >= 11 is 0. The average Bonchev–Trinajstić information content (AvgIpc) is 2.95. The number of nitrogens with one attached hydrogen (secondary N) is 1. The Bertz CT molecular complexity index is 852. The van der Waals surface area contributed by atoms with Crippen LogP contribution < -0.4 is 10.1 Å². The molecule has 3 rings (SSSR count). The number of benzene rings is 2. The lowest BCUT2D eigenvalue weighted by Gasteiger charge is -2.07. The van der Waals surface area contributed by atoms with Gasteiger partial charge in [0.25, 0.3) is 0 Å². The summed E-state index contributed by atoms with van der Waals surface area (Å²) in [5.74, 6) is 0.864. The van der Waals surface area contributed by atoms with Gasteiger partial charge in [0.05, 0.1) is 7.11 Å². The highest BCUT2D eigenvalue weighted by atomic mass is 16.5. The molecule has 1 N–H and O–H groups in total. The Morgan fingerprint density at radius 1 is 1.17 bits per heavy atom. The fraction of sp³-hybridized carbons (Fsp3) is 0.250. The first-order valence-corrected chi connectivity index (χ1v) is 8.10. The second kappa shape index (κ2) is 7.21. The number of nitrogens with zero attached hydrogens (tertiary/aromatic N) is 1. The molecule has 0 aliphatic heterocycles. The molecule has 0 aliphatic carbocycles. The van der Waals surface area contributed by atoms with Gasteiger partial charge in [0.15, 0.2) is 0 Å². The van der Waals surface area contributed by atoms with Crippen molar-refractivity contribution >= 4 is 16.8 Å². The molecule has 1 heterocycles. The number of rotatable bonds is 6. The van der Waals surface area contributed by atoms with Crippen molar-refractivity contribution in [3.05, 3.63) is 65.9 Å². The lowest BCUT2D eigenvalue weighted by molar-refractivity contribution is -0.121. The van der Waals surface area contributed by atoms with Gasteiger partial charge < -0.3 is 14.6 Å². The zero-order chi connectivity index (χ0) is 16.9. The van der Waals surface area contributed by atoms with Crippen molar-refractivity contribution in [1.82, 2.24) is 9.88 Å². The first-order chi connectivity index (χ1) is 11.7. The van der Waals surface area contributed by atoms with Crippen LogP contribution in [-0.4, -0.2) is 17.6 Å². The standard InChI is InChI=1S/C20H22N2O2/c1-22-14-16(18-8-3-4-9-19(18)22)10-11-20(23)21-13-15-6-5-7-17(12-15)24-2/h3-9,12,14H,10-11,13H2,1-2H3,(H,21,23). The zero-order valence-corrected chi connectivity index (χ0v) is 14.1. The summed E-state index contributed by atoms with van der Waals surface area (Å²) < 4.78 is 7.31. The maximum atomic E-state index is 12.1. The van der Waals surface area contributed by atoms with Gasteiger partial charge in [0, 0.05) is 37.1 Å². The summed E-state index contributed by atoms with van der Waals surface area (Å²) in [7, 11) is 3.68. The number of hydrogen-bond donors (Lipinski definition) is 1. The fourth-order valence-corrected chi connectivity index (χ4v) is 2.94. The zero-order valence-electron chi connectivity index (χ0n) is 14.1. The molecule has 0 saturated heterocycles. The molecular formula is C20H22N2O2. The van der Waals surface area contributed by atoms with E-state index < -0.39 is 0 Å². The second-order valence-corrected chi connectivity index (χ2v) is 5.91. The third-order valence-electron chi connectivity index (χ3n) is 4.22. The van der Waals surface area contributed by atoms with Gasteiger partial charge in [-0.2, -0.15) is 0 Å². The SMILES string of the molecule is COc1cccc(CNC(=O)CCc2cn(C)c3ccccc23)c1. The Hall–Kier alpha value is -2.75. The quantitative estimate of drug-likeness (QED) is 0.755. The molecule has 4 nitrogen and oxygen atoms in total. The molecule has 0 atom stereocenters.